The lowest BCUT2D eigenvalue weighted by Gasteiger charge is -2.25. The van der Waals surface area contributed by atoms with E-state index in [1.165, 1.54) is 0 Å². The Morgan fingerprint density at radius 3 is 3.06 bits per heavy atom. The standard InChI is InChI=1S/C11H14N2OS2/c15-8-2-1-3-10-9-16-11(12-10)13-4-6-14-7-5-13/h9,15H,2,4-8H2. The zero-order valence-electron chi connectivity index (χ0n) is 8.98. The van der Waals surface area contributed by atoms with E-state index in [1.807, 2.05) is 5.38 Å². The van der Waals surface area contributed by atoms with E-state index in [4.69, 9.17) is 4.74 Å². The van der Waals surface area contributed by atoms with Gasteiger partial charge in [-0.3, -0.25) is 0 Å². The van der Waals surface area contributed by atoms with Crippen LogP contribution in [-0.4, -0.2) is 37.0 Å². The van der Waals surface area contributed by atoms with Crippen LogP contribution in [0.1, 0.15) is 12.1 Å². The quantitative estimate of drug-likeness (QED) is 0.642. The van der Waals surface area contributed by atoms with E-state index < -0.39 is 0 Å². The number of thiazole rings is 1. The molecule has 0 bridgehead atoms. The molecule has 16 heavy (non-hydrogen) atoms. The van der Waals surface area contributed by atoms with Crippen LogP contribution in [0, 0.1) is 11.8 Å². The number of ether oxygens (including phenoxy) is 1. The number of thiol groups is 1. The van der Waals surface area contributed by atoms with Gasteiger partial charge in [0.1, 0.15) is 5.69 Å². The number of anilines is 1. The molecule has 1 aliphatic heterocycles. The smallest absolute Gasteiger partial charge is 0.186 e. The van der Waals surface area contributed by atoms with E-state index in [0.29, 0.717) is 0 Å². The van der Waals surface area contributed by atoms with Crippen LogP contribution < -0.4 is 4.90 Å². The van der Waals surface area contributed by atoms with Crippen LogP contribution in [0.4, 0.5) is 5.13 Å². The van der Waals surface area contributed by atoms with Crippen molar-refractivity contribution < 1.29 is 4.74 Å². The maximum Gasteiger partial charge on any atom is 0.186 e. The Hall–Kier alpha value is -0.700. The van der Waals surface area contributed by atoms with Crippen molar-refractivity contribution in [2.45, 2.75) is 6.42 Å². The SMILES string of the molecule is SCCC#Cc1csc(N2CCOCC2)n1. The highest BCUT2D eigenvalue weighted by Gasteiger charge is 2.13. The lowest BCUT2D eigenvalue weighted by Crippen LogP contribution is -2.36. The summed E-state index contributed by atoms with van der Waals surface area (Å²) in [6.07, 6.45) is 0.813. The van der Waals surface area contributed by atoms with Crippen LogP contribution in [0.25, 0.3) is 0 Å². The molecule has 0 spiro atoms. The molecule has 1 aromatic heterocycles. The van der Waals surface area contributed by atoms with Crippen LogP contribution in [0.15, 0.2) is 5.38 Å². The van der Waals surface area contributed by atoms with Crippen LogP contribution >= 0.6 is 24.0 Å². The molecule has 0 radical (unpaired) electrons. The lowest BCUT2D eigenvalue weighted by atomic mass is 10.4. The summed E-state index contributed by atoms with van der Waals surface area (Å²) in [6.45, 7) is 3.44. The molecule has 1 aliphatic rings. The van der Waals surface area contributed by atoms with Gasteiger partial charge in [-0.15, -0.1) is 11.3 Å². The van der Waals surface area contributed by atoms with Crippen LogP contribution in [-0.2, 0) is 4.74 Å². The number of hydrogen-bond donors (Lipinski definition) is 1. The fourth-order valence-electron chi connectivity index (χ4n) is 1.43. The molecule has 0 amide bonds. The van der Waals surface area contributed by atoms with E-state index in [2.05, 4.69) is 34.4 Å². The van der Waals surface area contributed by atoms with E-state index >= 15 is 0 Å². The third kappa shape index (κ3) is 3.14. The molecule has 0 atom stereocenters. The highest BCUT2D eigenvalue weighted by molar-refractivity contribution is 7.80. The van der Waals surface area contributed by atoms with Crippen molar-refractivity contribution >= 4 is 29.1 Å². The summed E-state index contributed by atoms with van der Waals surface area (Å²) in [6, 6.07) is 0. The van der Waals surface area contributed by atoms with Gasteiger partial charge in [-0.05, 0) is 5.92 Å². The number of nitrogens with zero attached hydrogens (tertiary/aromatic N) is 2. The predicted molar refractivity (Wildman–Crippen MR) is 70.5 cm³/mol. The van der Waals surface area contributed by atoms with Crippen molar-refractivity contribution in [2.24, 2.45) is 0 Å². The van der Waals surface area contributed by atoms with E-state index in [-0.39, 0.29) is 0 Å². The maximum absolute atomic E-state index is 5.31. The third-order valence-electron chi connectivity index (χ3n) is 2.23. The molecule has 0 saturated carbocycles. The largest absolute Gasteiger partial charge is 0.378 e. The van der Waals surface area contributed by atoms with Crippen molar-refractivity contribution in [1.82, 2.24) is 4.98 Å². The van der Waals surface area contributed by atoms with Crippen molar-refractivity contribution in [3.05, 3.63) is 11.1 Å². The van der Waals surface area contributed by atoms with E-state index in [0.717, 1.165) is 49.3 Å². The second kappa shape index (κ2) is 6.14. The van der Waals surface area contributed by atoms with E-state index in [9.17, 15) is 0 Å². The van der Waals surface area contributed by atoms with Gasteiger partial charge in [-0.25, -0.2) is 4.98 Å². The monoisotopic (exact) mass is 254 g/mol. The highest BCUT2D eigenvalue weighted by Crippen LogP contribution is 2.20. The zero-order valence-corrected chi connectivity index (χ0v) is 10.7. The summed E-state index contributed by atoms with van der Waals surface area (Å²) in [5, 5.41) is 3.06. The number of rotatable bonds is 2. The Labute approximate surface area is 105 Å². The van der Waals surface area contributed by atoms with Gasteiger partial charge in [0, 0.05) is 30.6 Å². The van der Waals surface area contributed by atoms with Gasteiger partial charge in [-0.2, -0.15) is 12.6 Å². The Balaban J connectivity index is 1.99. The lowest BCUT2D eigenvalue weighted by molar-refractivity contribution is 0.122. The van der Waals surface area contributed by atoms with Gasteiger partial charge in [0.25, 0.3) is 0 Å². The molecule has 0 N–H and O–H groups in total. The number of hydrogen-bond acceptors (Lipinski definition) is 5. The summed E-state index contributed by atoms with van der Waals surface area (Å²) in [5.41, 5.74) is 0.869. The fourth-order valence-corrected chi connectivity index (χ4v) is 2.35. The Morgan fingerprint density at radius 1 is 1.50 bits per heavy atom. The summed E-state index contributed by atoms with van der Waals surface area (Å²) in [7, 11) is 0. The minimum absolute atomic E-state index is 0.792. The van der Waals surface area contributed by atoms with Gasteiger partial charge in [-0.1, -0.05) is 5.92 Å². The molecule has 3 nitrogen and oxygen atoms in total. The molecule has 1 fully saturated rings. The second-order valence-corrected chi connectivity index (χ2v) is 4.67. The Morgan fingerprint density at radius 2 is 2.31 bits per heavy atom. The molecule has 1 aromatic rings. The molecular formula is C11H14N2OS2. The van der Waals surface area contributed by atoms with Crippen molar-refractivity contribution in [2.75, 3.05) is 37.0 Å². The summed E-state index contributed by atoms with van der Waals surface area (Å²) in [4.78, 5) is 6.74. The van der Waals surface area contributed by atoms with Crippen LogP contribution in [0.3, 0.4) is 0 Å². The maximum atomic E-state index is 5.31. The minimum Gasteiger partial charge on any atom is -0.378 e. The number of aromatic nitrogens is 1. The van der Waals surface area contributed by atoms with Gasteiger partial charge in [0.2, 0.25) is 0 Å². The molecular weight excluding hydrogens is 240 g/mol. The first-order chi connectivity index (χ1) is 7.90. The predicted octanol–water partition coefficient (Wildman–Crippen LogP) is 1.65. The van der Waals surface area contributed by atoms with Crippen LogP contribution in [0.2, 0.25) is 0 Å². The molecule has 86 valence electrons. The normalized spacial score (nSPS) is 15.7. The third-order valence-corrected chi connectivity index (χ3v) is 3.35. The van der Waals surface area contributed by atoms with Gasteiger partial charge in [0.15, 0.2) is 5.13 Å². The highest BCUT2D eigenvalue weighted by atomic mass is 32.1. The fraction of sp³-hybridized carbons (Fsp3) is 0.545. The topological polar surface area (TPSA) is 25.4 Å². The van der Waals surface area contributed by atoms with E-state index in [1.54, 1.807) is 11.3 Å². The minimum atomic E-state index is 0.792. The summed E-state index contributed by atoms with van der Waals surface area (Å²) >= 11 is 5.76. The average molecular weight is 254 g/mol. The van der Waals surface area contributed by atoms with Gasteiger partial charge < -0.3 is 9.64 Å². The molecule has 5 heteroatoms. The number of morpholine rings is 1. The van der Waals surface area contributed by atoms with Crippen molar-refractivity contribution in [1.29, 1.82) is 0 Å². The molecule has 0 aliphatic carbocycles. The first-order valence-corrected chi connectivity index (χ1v) is 6.79. The average Bonchev–Trinajstić information content (AvgIpc) is 2.79. The molecule has 2 heterocycles. The molecule has 0 aromatic carbocycles. The van der Waals surface area contributed by atoms with Crippen molar-refractivity contribution in [3.8, 4) is 11.8 Å². The van der Waals surface area contributed by atoms with Crippen LogP contribution in [0.5, 0.6) is 0 Å². The molecule has 0 unspecified atom stereocenters. The van der Waals surface area contributed by atoms with Crippen molar-refractivity contribution in [3.63, 3.8) is 0 Å². The summed E-state index contributed by atoms with van der Waals surface area (Å²) < 4.78 is 5.31. The zero-order chi connectivity index (χ0) is 11.2. The van der Waals surface area contributed by atoms with Gasteiger partial charge in [0.05, 0.1) is 13.2 Å². The molecule has 1 saturated heterocycles. The molecule has 2 rings (SSSR count). The van der Waals surface area contributed by atoms with Gasteiger partial charge >= 0.3 is 0 Å². The Kier molecular flexibility index (Phi) is 4.52. The first kappa shape index (κ1) is 11.8. The Bertz CT molecular complexity index is 388. The summed E-state index contributed by atoms with van der Waals surface area (Å²) in [5.74, 6) is 6.89. The first-order valence-electron chi connectivity index (χ1n) is 5.28. The second-order valence-electron chi connectivity index (χ2n) is 3.39.